The van der Waals surface area contributed by atoms with Gasteiger partial charge in [-0.15, -0.1) is 0 Å². The molecule has 0 N–H and O–H groups in total. The van der Waals surface area contributed by atoms with Gasteiger partial charge in [-0.3, -0.25) is 0 Å². The average molecular weight is 340 g/mol. The van der Waals surface area contributed by atoms with Crippen LogP contribution in [0.5, 0.6) is 0 Å². The lowest BCUT2D eigenvalue weighted by atomic mass is 10.4. The molecule has 0 aliphatic heterocycles. The van der Waals surface area contributed by atoms with Crippen LogP contribution in [0.25, 0.3) is 0 Å². The molecule has 2 aromatic carbocycles. The quantitative estimate of drug-likeness (QED) is 0.408. The molecule has 118 valence electrons. The molecule has 0 bridgehead atoms. The van der Waals surface area contributed by atoms with Gasteiger partial charge in [0.05, 0.1) is 13.2 Å². The van der Waals surface area contributed by atoms with Crippen LogP contribution in [0.3, 0.4) is 0 Å². The summed E-state index contributed by atoms with van der Waals surface area (Å²) in [6.45, 7) is 6.44. The van der Waals surface area contributed by atoms with Crippen molar-refractivity contribution in [2.75, 3.05) is 38.9 Å². The van der Waals surface area contributed by atoms with E-state index in [1.54, 1.807) is 0 Å². The average Bonchev–Trinajstić information content (AvgIpc) is 2.55. The third kappa shape index (κ3) is 8.16. The van der Waals surface area contributed by atoms with Gasteiger partial charge in [0, 0.05) is 16.8 Å². The SMILES string of the molecule is CP(CCOCCP(C)c1ccccc1)c1ccccc1.[B].[B]. The standard InChI is InChI=1S/C18H24OP2.2B/c1-20(17-9-5-3-6-10-17)15-13-19-14-16-21(2)18-11-7-4-8-12-18;;/h3-12H,13-16H2,1-2H3;;. The van der Waals surface area contributed by atoms with Crippen LogP contribution in [0.15, 0.2) is 60.7 Å². The number of ether oxygens (including phenoxy) is 1. The Balaban J connectivity index is 0.00000242. The van der Waals surface area contributed by atoms with Crippen molar-refractivity contribution >= 4 is 43.3 Å². The second kappa shape index (κ2) is 12.8. The van der Waals surface area contributed by atoms with Gasteiger partial charge >= 0.3 is 0 Å². The van der Waals surface area contributed by atoms with Gasteiger partial charge in [-0.05, 0) is 36.3 Å². The normalized spacial score (nSPS) is 12.6. The number of benzene rings is 2. The highest BCUT2D eigenvalue weighted by atomic mass is 31.1. The predicted molar refractivity (Wildman–Crippen MR) is 110 cm³/mol. The van der Waals surface area contributed by atoms with Gasteiger partial charge in [0.15, 0.2) is 0 Å². The molecular weight excluding hydrogens is 316 g/mol. The Morgan fingerprint density at radius 2 is 1.00 bits per heavy atom. The molecule has 0 fully saturated rings. The van der Waals surface area contributed by atoms with Crippen molar-refractivity contribution in [3.05, 3.63) is 60.7 Å². The van der Waals surface area contributed by atoms with Crippen LogP contribution in [0.2, 0.25) is 0 Å². The molecule has 6 radical (unpaired) electrons. The van der Waals surface area contributed by atoms with Crippen molar-refractivity contribution in [2.24, 2.45) is 0 Å². The number of rotatable bonds is 8. The Labute approximate surface area is 147 Å². The van der Waals surface area contributed by atoms with Crippen molar-refractivity contribution < 1.29 is 4.74 Å². The third-order valence-electron chi connectivity index (χ3n) is 3.54. The highest BCUT2D eigenvalue weighted by Gasteiger charge is 2.06. The first-order valence-corrected chi connectivity index (χ1v) is 11.3. The molecule has 0 aliphatic carbocycles. The Kier molecular flexibility index (Phi) is 12.4. The van der Waals surface area contributed by atoms with E-state index in [0.717, 1.165) is 25.5 Å². The summed E-state index contributed by atoms with van der Waals surface area (Å²) in [5.74, 6) is 0. The zero-order valence-corrected chi connectivity index (χ0v) is 15.8. The number of hydrogen-bond acceptors (Lipinski definition) is 1. The lowest BCUT2D eigenvalue weighted by Crippen LogP contribution is -2.10. The first kappa shape index (κ1) is 22.4. The Morgan fingerprint density at radius 3 is 1.35 bits per heavy atom. The lowest BCUT2D eigenvalue weighted by molar-refractivity contribution is 0.166. The van der Waals surface area contributed by atoms with Crippen LogP contribution in [-0.4, -0.2) is 55.7 Å². The minimum absolute atomic E-state index is 0. The zero-order chi connectivity index (χ0) is 14.9. The van der Waals surface area contributed by atoms with Gasteiger partial charge in [-0.1, -0.05) is 76.5 Å². The molecule has 0 spiro atoms. The molecule has 2 rings (SSSR count). The van der Waals surface area contributed by atoms with Crippen LogP contribution in [0.1, 0.15) is 0 Å². The Bertz CT molecular complexity index is 463. The summed E-state index contributed by atoms with van der Waals surface area (Å²) in [6, 6.07) is 21.6. The van der Waals surface area contributed by atoms with Gasteiger partial charge in [-0.25, -0.2) is 0 Å². The van der Waals surface area contributed by atoms with E-state index in [-0.39, 0.29) is 32.7 Å². The van der Waals surface area contributed by atoms with Gasteiger partial charge < -0.3 is 4.74 Å². The minimum atomic E-state index is -0.0711. The second-order valence-electron chi connectivity index (χ2n) is 5.13. The van der Waals surface area contributed by atoms with Crippen molar-refractivity contribution in [1.82, 2.24) is 0 Å². The molecule has 0 saturated heterocycles. The highest BCUT2D eigenvalue weighted by Crippen LogP contribution is 2.30. The van der Waals surface area contributed by atoms with E-state index < -0.39 is 0 Å². The smallest absolute Gasteiger partial charge is 0.0508 e. The topological polar surface area (TPSA) is 9.23 Å². The van der Waals surface area contributed by atoms with E-state index in [1.807, 2.05) is 0 Å². The number of hydrogen-bond donors (Lipinski definition) is 0. The molecule has 2 aromatic rings. The summed E-state index contributed by atoms with van der Waals surface area (Å²) in [4.78, 5) is 0. The molecule has 1 nitrogen and oxygen atoms in total. The lowest BCUT2D eigenvalue weighted by Gasteiger charge is -2.15. The molecule has 0 aromatic heterocycles. The van der Waals surface area contributed by atoms with E-state index in [2.05, 4.69) is 74.0 Å². The van der Waals surface area contributed by atoms with E-state index in [9.17, 15) is 0 Å². The van der Waals surface area contributed by atoms with Crippen LogP contribution >= 0.6 is 15.8 Å². The van der Waals surface area contributed by atoms with Crippen molar-refractivity contribution in [1.29, 1.82) is 0 Å². The molecule has 0 aliphatic rings. The first-order chi connectivity index (χ1) is 10.3. The summed E-state index contributed by atoms with van der Waals surface area (Å²) in [5, 5.41) is 2.94. The van der Waals surface area contributed by atoms with E-state index >= 15 is 0 Å². The van der Waals surface area contributed by atoms with Crippen LogP contribution in [-0.2, 0) is 4.74 Å². The van der Waals surface area contributed by atoms with Crippen LogP contribution < -0.4 is 10.6 Å². The summed E-state index contributed by atoms with van der Waals surface area (Å²) < 4.78 is 5.85. The first-order valence-electron chi connectivity index (χ1n) is 7.37. The molecule has 0 saturated carbocycles. The maximum absolute atomic E-state index is 5.85. The summed E-state index contributed by atoms with van der Waals surface area (Å²) >= 11 is 0. The third-order valence-corrected chi connectivity index (χ3v) is 7.60. The van der Waals surface area contributed by atoms with Gasteiger partial charge in [-0.2, -0.15) is 0 Å². The summed E-state index contributed by atoms with van der Waals surface area (Å²) in [5.41, 5.74) is 0. The van der Waals surface area contributed by atoms with Crippen molar-refractivity contribution in [3.63, 3.8) is 0 Å². The van der Waals surface area contributed by atoms with Crippen molar-refractivity contribution in [2.45, 2.75) is 0 Å². The zero-order valence-electron chi connectivity index (χ0n) is 14.1. The van der Waals surface area contributed by atoms with Gasteiger partial charge in [0.2, 0.25) is 0 Å². The van der Waals surface area contributed by atoms with Crippen molar-refractivity contribution in [3.8, 4) is 0 Å². The van der Waals surface area contributed by atoms with Gasteiger partial charge in [0.25, 0.3) is 0 Å². The largest absolute Gasteiger partial charge is 0.381 e. The fourth-order valence-electron chi connectivity index (χ4n) is 2.13. The molecule has 5 heteroatoms. The molecule has 2 unspecified atom stereocenters. The second-order valence-corrected chi connectivity index (χ2v) is 9.85. The molecule has 0 amide bonds. The minimum Gasteiger partial charge on any atom is -0.381 e. The summed E-state index contributed by atoms with van der Waals surface area (Å²) in [7, 11) is -0.142. The molecule has 23 heavy (non-hydrogen) atoms. The highest BCUT2D eigenvalue weighted by molar-refractivity contribution is 7.65. The fraction of sp³-hybridized carbons (Fsp3) is 0.333. The molecule has 2 atom stereocenters. The summed E-state index contributed by atoms with van der Waals surface area (Å²) in [6.07, 6.45) is 2.32. The Morgan fingerprint density at radius 1 is 0.652 bits per heavy atom. The maximum atomic E-state index is 5.85. The molecular formula is C18H24B2OP2. The van der Waals surface area contributed by atoms with Crippen LogP contribution in [0.4, 0.5) is 0 Å². The predicted octanol–water partition coefficient (Wildman–Crippen LogP) is 3.12. The molecule has 0 heterocycles. The van der Waals surface area contributed by atoms with Gasteiger partial charge in [0.1, 0.15) is 0 Å². The monoisotopic (exact) mass is 340 g/mol. The Hall–Kier alpha value is -0.610. The maximum Gasteiger partial charge on any atom is 0.0508 e. The fourth-order valence-corrected chi connectivity index (χ4v) is 4.81. The van der Waals surface area contributed by atoms with E-state index in [1.165, 1.54) is 10.6 Å². The van der Waals surface area contributed by atoms with Crippen LogP contribution in [0, 0.1) is 0 Å². The van der Waals surface area contributed by atoms with E-state index in [0.29, 0.717) is 0 Å². The van der Waals surface area contributed by atoms with E-state index in [4.69, 9.17) is 4.74 Å².